The van der Waals surface area contributed by atoms with Crippen LogP contribution in [0.4, 0.5) is 17.6 Å². The molecule has 0 spiro atoms. The van der Waals surface area contributed by atoms with Crippen LogP contribution in [0.15, 0.2) is 54.7 Å². The molecular formula is C28H31F4N3O. The molecule has 2 aliphatic rings. The van der Waals surface area contributed by atoms with Gasteiger partial charge in [-0.1, -0.05) is 24.3 Å². The quantitative estimate of drug-likeness (QED) is 0.406. The summed E-state index contributed by atoms with van der Waals surface area (Å²) in [7, 11) is 0. The molecule has 2 aromatic carbocycles. The zero-order chi connectivity index (χ0) is 25.4. The van der Waals surface area contributed by atoms with E-state index in [1.165, 1.54) is 17.0 Å². The Labute approximate surface area is 208 Å². The molecule has 2 fully saturated rings. The molecule has 0 radical (unpaired) electrons. The summed E-state index contributed by atoms with van der Waals surface area (Å²) in [6.07, 6.45) is -0.800. The molecule has 5 rings (SSSR count). The topological polar surface area (TPSA) is 28.5 Å². The van der Waals surface area contributed by atoms with Crippen molar-refractivity contribution in [2.45, 2.75) is 38.4 Å². The summed E-state index contributed by atoms with van der Waals surface area (Å²) in [5, 5.41) is 0.912. The average Bonchev–Trinajstić information content (AvgIpc) is 3.49. The number of halogens is 4. The van der Waals surface area contributed by atoms with E-state index in [0.29, 0.717) is 31.7 Å². The fourth-order valence-corrected chi connectivity index (χ4v) is 5.98. The van der Waals surface area contributed by atoms with Crippen LogP contribution >= 0.6 is 0 Å². The largest absolute Gasteiger partial charge is 0.393 e. The molecule has 0 aliphatic carbocycles. The zero-order valence-corrected chi connectivity index (χ0v) is 20.3. The number of hydrogen-bond acceptors (Lipinski definition) is 2. The molecule has 0 N–H and O–H groups in total. The van der Waals surface area contributed by atoms with E-state index in [1.807, 2.05) is 29.8 Å². The fourth-order valence-electron chi connectivity index (χ4n) is 5.98. The Hall–Kier alpha value is -2.87. The number of piperidine rings is 1. The van der Waals surface area contributed by atoms with Crippen molar-refractivity contribution < 1.29 is 22.4 Å². The maximum Gasteiger partial charge on any atom is 0.393 e. The van der Waals surface area contributed by atoms with Gasteiger partial charge in [0.15, 0.2) is 0 Å². The Kier molecular flexibility index (Phi) is 6.81. The number of amides is 1. The number of hydrogen-bond donors (Lipinski definition) is 0. The molecule has 2 unspecified atom stereocenters. The van der Waals surface area contributed by atoms with Gasteiger partial charge in [-0.15, -0.1) is 0 Å². The van der Waals surface area contributed by atoms with Gasteiger partial charge in [0.2, 0.25) is 0 Å². The van der Waals surface area contributed by atoms with Crippen molar-refractivity contribution in [3.8, 4) is 0 Å². The highest BCUT2D eigenvalue weighted by Crippen LogP contribution is 2.39. The van der Waals surface area contributed by atoms with Gasteiger partial charge < -0.3 is 14.4 Å². The summed E-state index contributed by atoms with van der Waals surface area (Å²) in [6.45, 7) is 4.16. The van der Waals surface area contributed by atoms with Gasteiger partial charge in [-0.2, -0.15) is 13.2 Å². The lowest BCUT2D eigenvalue weighted by Gasteiger charge is -2.35. The van der Waals surface area contributed by atoms with Crippen molar-refractivity contribution >= 4 is 16.8 Å². The SMILES string of the molecule is CCn1ccc2cccc(C(=O)N3CC(CN4CCC(c5ccc(F)cc5)CC4)C(C(F)(F)F)C3)c21. The Morgan fingerprint density at radius 1 is 1.00 bits per heavy atom. The fraction of sp³-hybridized carbons (Fsp3) is 0.464. The summed E-state index contributed by atoms with van der Waals surface area (Å²) < 4.78 is 57.4. The molecule has 4 nitrogen and oxygen atoms in total. The monoisotopic (exact) mass is 501 g/mol. The van der Waals surface area contributed by atoms with Crippen LogP contribution in [-0.4, -0.2) is 59.2 Å². The average molecular weight is 502 g/mol. The lowest BCUT2D eigenvalue weighted by atomic mass is 9.88. The number of likely N-dealkylation sites (tertiary alicyclic amines) is 2. The first-order chi connectivity index (χ1) is 17.2. The Morgan fingerprint density at radius 3 is 2.39 bits per heavy atom. The van der Waals surface area contributed by atoms with Crippen molar-refractivity contribution in [2.24, 2.45) is 11.8 Å². The van der Waals surface area contributed by atoms with Gasteiger partial charge >= 0.3 is 6.18 Å². The second kappa shape index (κ2) is 9.88. The van der Waals surface area contributed by atoms with Crippen LogP contribution in [0, 0.1) is 17.7 Å². The molecule has 2 aliphatic heterocycles. The highest BCUT2D eigenvalue weighted by atomic mass is 19.4. The van der Waals surface area contributed by atoms with Gasteiger partial charge in [-0.05, 0) is 68.6 Å². The van der Waals surface area contributed by atoms with Crippen molar-refractivity contribution in [1.29, 1.82) is 0 Å². The minimum absolute atomic E-state index is 0.101. The van der Waals surface area contributed by atoms with Crippen LogP contribution in [-0.2, 0) is 6.54 Å². The maximum atomic E-state index is 14.1. The molecule has 2 saturated heterocycles. The molecule has 192 valence electrons. The number of alkyl halides is 3. The third-order valence-corrected chi connectivity index (χ3v) is 7.93. The summed E-state index contributed by atoms with van der Waals surface area (Å²) >= 11 is 0. The van der Waals surface area contributed by atoms with E-state index < -0.39 is 18.0 Å². The van der Waals surface area contributed by atoms with E-state index >= 15 is 0 Å². The highest BCUT2D eigenvalue weighted by Gasteiger charge is 2.51. The lowest BCUT2D eigenvalue weighted by molar-refractivity contribution is -0.181. The van der Waals surface area contributed by atoms with Crippen LogP contribution in [0.25, 0.3) is 10.9 Å². The Balaban J connectivity index is 1.29. The number of rotatable bonds is 5. The number of aryl methyl sites for hydroxylation is 1. The molecule has 1 aromatic heterocycles. The summed E-state index contributed by atoms with van der Waals surface area (Å²) in [4.78, 5) is 17.0. The number of nitrogens with zero attached hydrogens (tertiary/aromatic N) is 3. The number of benzene rings is 2. The number of carbonyl (C=O) groups is 1. The van der Waals surface area contributed by atoms with Crippen LogP contribution in [0.1, 0.15) is 41.6 Å². The molecule has 0 bridgehead atoms. The predicted octanol–water partition coefficient (Wildman–Crippen LogP) is 5.93. The van der Waals surface area contributed by atoms with Gasteiger partial charge in [0.1, 0.15) is 5.82 Å². The van der Waals surface area contributed by atoms with Crippen molar-refractivity contribution in [3.05, 3.63) is 71.7 Å². The zero-order valence-electron chi connectivity index (χ0n) is 20.3. The number of fused-ring (bicyclic) bond motifs is 1. The smallest absolute Gasteiger partial charge is 0.347 e. The third-order valence-electron chi connectivity index (χ3n) is 7.93. The first-order valence-corrected chi connectivity index (χ1v) is 12.7. The molecule has 36 heavy (non-hydrogen) atoms. The van der Waals surface area contributed by atoms with E-state index in [4.69, 9.17) is 0 Å². The van der Waals surface area contributed by atoms with E-state index in [2.05, 4.69) is 4.90 Å². The van der Waals surface area contributed by atoms with Gasteiger partial charge in [0, 0.05) is 43.7 Å². The Bertz CT molecular complexity index is 1210. The van der Waals surface area contributed by atoms with Crippen molar-refractivity contribution in [1.82, 2.24) is 14.4 Å². The van der Waals surface area contributed by atoms with E-state index in [-0.39, 0.29) is 30.7 Å². The first-order valence-electron chi connectivity index (χ1n) is 12.7. The highest BCUT2D eigenvalue weighted by molar-refractivity contribution is 6.06. The second-order valence-corrected chi connectivity index (χ2v) is 10.1. The Morgan fingerprint density at radius 2 is 1.72 bits per heavy atom. The molecule has 0 saturated carbocycles. The molecule has 2 atom stereocenters. The summed E-state index contributed by atoms with van der Waals surface area (Å²) in [6, 6.07) is 13.9. The number of aromatic nitrogens is 1. The maximum absolute atomic E-state index is 14.1. The van der Waals surface area contributed by atoms with Crippen LogP contribution in [0.5, 0.6) is 0 Å². The normalized spacial score (nSPS) is 22.0. The summed E-state index contributed by atoms with van der Waals surface area (Å²) in [5.41, 5.74) is 2.31. The van der Waals surface area contributed by atoms with Crippen molar-refractivity contribution in [3.63, 3.8) is 0 Å². The molecule has 8 heteroatoms. The van der Waals surface area contributed by atoms with Crippen molar-refractivity contribution in [2.75, 3.05) is 32.7 Å². The predicted molar refractivity (Wildman–Crippen MR) is 131 cm³/mol. The molecular weight excluding hydrogens is 470 g/mol. The van der Waals surface area contributed by atoms with Gasteiger partial charge in [0.05, 0.1) is 17.0 Å². The number of carbonyl (C=O) groups excluding carboxylic acids is 1. The minimum Gasteiger partial charge on any atom is -0.347 e. The molecule has 3 aromatic rings. The van der Waals surface area contributed by atoms with E-state index in [9.17, 15) is 22.4 Å². The van der Waals surface area contributed by atoms with Crippen LogP contribution in [0.2, 0.25) is 0 Å². The van der Waals surface area contributed by atoms with Gasteiger partial charge in [-0.25, -0.2) is 4.39 Å². The van der Waals surface area contributed by atoms with Crippen LogP contribution < -0.4 is 0 Å². The standard InChI is InChI=1S/C28H31F4N3O/c1-2-34-15-12-21-4-3-5-24(26(21)34)27(36)35-17-22(25(18-35)28(30,31)32)16-33-13-10-20(11-14-33)19-6-8-23(29)9-7-19/h3-9,12,15,20,22,25H,2,10-11,13-14,16-18H2,1H3. The first kappa shape index (κ1) is 24.8. The van der Waals surface area contributed by atoms with E-state index in [0.717, 1.165) is 29.3 Å². The lowest BCUT2D eigenvalue weighted by Crippen LogP contribution is -2.41. The molecule has 1 amide bonds. The number of para-hydroxylation sites is 1. The van der Waals surface area contributed by atoms with Gasteiger partial charge in [-0.3, -0.25) is 4.79 Å². The second-order valence-electron chi connectivity index (χ2n) is 10.1. The summed E-state index contributed by atoms with van der Waals surface area (Å²) in [5.74, 6) is -2.51. The third kappa shape index (κ3) is 4.88. The van der Waals surface area contributed by atoms with Gasteiger partial charge in [0.25, 0.3) is 5.91 Å². The van der Waals surface area contributed by atoms with Crippen LogP contribution in [0.3, 0.4) is 0 Å². The molecule has 3 heterocycles. The minimum atomic E-state index is -4.36. The van der Waals surface area contributed by atoms with E-state index in [1.54, 1.807) is 24.3 Å².